The fourth-order valence-electron chi connectivity index (χ4n) is 1.72. The quantitative estimate of drug-likeness (QED) is 0.907. The average Bonchev–Trinajstić information content (AvgIpc) is 2.66. The van der Waals surface area contributed by atoms with Gasteiger partial charge >= 0.3 is 0 Å². The van der Waals surface area contributed by atoms with Crippen LogP contribution in [0, 0.1) is 13.8 Å². The number of hydrogen-bond donors (Lipinski definition) is 1. The third-order valence-corrected chi connectivity index (χ3v) is 4.39. The zero-order valence-electron chi connectivity index (χ0n) is 11.1. The maximum absolute atomic E-state index is 9.73. The molecule has 2 rings (SSSR count). The molecule has 0 radical (unpaired) electrons. The molecular formula is C14H16BrNO2S. The summed E-state index contributed by atoms with van der Waals surface area (Å²) >= 11 is 5.05. The van der Waals surface area contributed by atoms with E-state index in [2.05, 4.69) is 27.8 Å². The molecule has 1 aromatic heterocycles. The van der Waals surface area contributed by atoms with Crippen molar-refractivity contribution in [2.45, 2.75) is 33.5 Å². The Kier molecular flexibility index (Phi) is 4.60. The molecular weight excluding hydrogens is 326 g/mol. The number of aromatic nitrogens is 1. The van der Waals surface area contributed by atoms with Gasteiger partial charge in [-0.3, -0.25) is 0 Å². The Morgan fingerprint density at radius 1 is 1.42 bits per heavy atom. The summed E-state index contributed by atoms with van der Waals surface area (Å²) in [7, 11) is 0. The largest absolute Gasteiger partial charge is 0.486 e. The van der Waals surface area contributed by atoms with Crippen molar-refractivity contribution in [3.8, 4) is 5.75 Å². The van der Waals surface area contributed by atoms with Crippen LogP contribution in [0.1, 0.15) is 34.2 Å². The Bertz CT molecular complexity index is 561. The van der Waals surface area contributed by atoms with E-state index in [9.17, 15) is 5.11 Å². The first-order chi connectivity index (χ1) is 8.97. The zero-order chi connectivity index (χ0) is 14.0. The Morgan fingerprint density at radius 3 is 2.74 bits per heavy atom. The standard InChI is InChI=1S/C14H16BrNO2S/c1-8-10(3)19-14(16-8)7-18-13-6-11(15)4-5-12(13)9(2)17/h4-6,9,17H,7H2,1-3H3/t9-/m1/s1. The highest BCUT2D eigenvalue weighted by atomic mass is 79.9. The Labute approximate surface area is 125 Å². The van der Waals surface area contributed by atoms with Gasteiger partial charge in [0.05, 0.1) is 11.8 Å². The van der Waals surface area contributed by atoms with E-state index in [-0.39, 0.29) is 0 Å². The van der Waals surface area contributed by atoms with Crippen LogP contribution in [0.15, 0.2) is 22.7 Å². The van der Waals surface area contributed by atoms with Crippen molar-refractivity contribution in [1.82, 2.24) is 4.98 Å². The minimum absolute atomic E-state index is 0.426. The molecule has 0 bridgehead atoms. The Hall–Kier alpha value is -0.910. The van der Waals surface area contributed by atoms with Crippen LogP contribution in [0.2, 0.25) is 0 Å². The van der Waals surface area contributed by atoms with Crippen LogP contribution in [0.4, 0.5) is 0 Å². The number of nitrogens with zero attached hydrogens (tertiary/aromatic N) is 1. The van der Waals surface area contributed by atoms with Gasteiger partial charge in [0.15, 0.2) is 0 Å². The molecule has 1 N–H and O–H groups in total. The van der Waals surface area contributed by atoms with Crippen LogP contribution in [0.25, 0.3) is 0 Å². The summed E-state index contributed by atoms with van der Waals surface area (Å²) in [4.78, 5) is 5.65. The van der Waals surface area contributed by atoms with Gasteiger partial charge in [-0.05, 0) is 32.9 Å². The third-order valence-electron chi connectivity index (χ3n) is 2.85. The molecule has 2 aromatic rings. The molecule has 3 nitrogen and oxygen atoms in total. The predicted octanol–water partition coefficient (Wildman–Crippen LogP) is 4.15. The van der Waals surface area contributed by atoms with Crippen molar-refractivity contribution < 1.29 is 9.84 Å². The normalized spacial score (nSPS) is 12.5. The van der Waals surface area contributed by atoms with Crippen molar-refractivity contribution in [3.05, 3.63) is 43.8 Å². The van der Waals surface area contributed by atoms with Crippen molar-refractivity contribution in [3.63, 3.8) is 0 Å². The molecule has 102 valence electrons. The molecule has 0 aliphatic heterocycles. The highest BCUT2D eigenvalue weighted by Gasteiger charge is 2.11. The SMILES string of the molecule is Cc1nc(COc2cc(Br)ccc2[C@@H](C)O)sc1C. The second kappa shape index (κ2) is 6.03. The van der Waals surface area contributed by atoms with E-state index in [1.54, 1.807) is 18.3 Å². The lowest BCUT2D eigenvalue weighted by Gasteiger charge is -2.13. The number of thiazole rings is 1. The van der Waals surface area contributed by atoms with Gasteiger partial charge in [0.2, 0.25) is 0 Å². The number of halogens is 1. The molecule has 5 heteroatoms. The molecule has 0 unspecified atom stereocenters. The van der Waals surface area contributed by atoms with Crippen LogP contribution in [-0.2, 0) is 6.61 Å². The average molecular weight is 342 g/mol. The second-order valence-corrected chi connectivity index (χ2v) is 6.60. The lowest BCUT2D eigenvalue weighted by molar-refractivity contribution is 0.190. The first-order valence-electron chi connectivity index (χ1n) is 6.00. The summed E-state index contributed by atoms with van der Waals surface area (Å²) in [6.45, 7) is 6.20. The smallest absolute Gasteiger partial charge is 0.140 e. The lowest BCUT2D eigenvalue weighted by atomic mass is 10.1. The molecule has 0 amide bonds. The number of aliphatic hydroxyl groups excluding tert-OH is 1. The topological polar surface area (TPSA) is 42.4 Å². The number of hydrogen-bond acceptors (Lipinski definition) is 4. The molecule has 19 heavy (non-hydrogen) atoms. The van der Waals surface area contributed by atoms with Crippen molar-refractivity contribution in [2.75, 3.05) is 0 Å². The van der Waals surface area contributed by atoms with E-state index >= 15 is 0 Å². The van der Waals surface area contributed by atoms with Crippen molar-refractivity contribution in [2.24, 2.45) is 0 Å². The molecule has 0 spiro atoms. The summed E-state index contributed by atoms with van der Waals surface area (Å²) in [6, 6.07) is 5.63. The summed E-state index contributed by atoms with van der Waals surface area (Å²) in [5, 5.41) is 10.7. The van der Waals surface area contributed by atoms with Gasteiger partial charge in [-0.2, -0.15) is 0 Å². The van der Waals surface area contributed by atoms with E-state index in [4.69, 9.17) is 4.74 Å². The molecule has 0 fully saturated rings. The monoisotopic (exact) mass is 341 g/mol. The van der Waals surface area contributed by atoms with E-state index in [1.165, 1.54) is 4.88 Å². The first kappa shape index (κ1) is 14.5. The van der Waals surface area contributed by atoms with Crippen LogP contribution in [0.3, 0.4) is 0 Å². The minimum Gasteiger partial charge on any atom is -0.486 e. The third kappa shape index (κ3) is 3.55. The number of rotatable bonds is 4. The van der Waals surface area contributed by atoms with E-state index in [0.717, 1.165) is 20.7 Å². The molecule has 0 saturated heterocycles. The molecule has 0 aliphatic rings. The number of benzene rings is 1. The van der Waals surface area contributed by atoms with Gasteiger partial charge in [0.1, 0.15) is 17.4 Å². The van der Waals surface area contributed by atoms with Crippen LogP contribution in [-0.4, -0.2) is 10.1 Å². The summed E-state index contributed by atoms with van der Waals surface area (Å²) in [5.41, 5.74) is 1.83. The first-order valence-corrected chi connectivity index (χ1v) is 7.61. The van der Waals surface area contributed by atoms with E-state index in [1.807, 2.05) is 25.1 Å². The van der Waals surface area contributed by atoms with Gasteiger partial charge in [-0.25, -0.2) is 4.98 Å². The maximum atomic E-state index is 9.73. The molecule has 1 heterocycles. The predicted molar refractivity (Wildman–Crippen MR) is 80.7 cm³/mol. The Morgan fingerprint density at radius 2 is 2.16 bits per heavy atom. The fourth-order valence-corrected chi connectivity index (χ4v) is 2.91. The number of ether oxygens (including phenoxy) is 1. The van der Waals surface area contributed by atoms with Crippen molar-refractivity contribution >= 4 is 27.3 Å². The molecule has 0 saturated carbocycles. The van der Waals surface area contributed by atoms with Crippen LogP contribution >= 0.6 is 27.3 Å². The highest BCUT2D eigenvalue weighted by molar-refractivity contribution is 9.10. The van der Waals surface area contributed by atoms with Gasteiger partial charge in [-0.15, -0.1) is 11.3 Å². The van der Waals surface area contributed by atoms with Gasteiger partial charge in [0, 0.05) is 14.9 Å². The summed E-state index contributed by atoms with van der Waals surface area (Å²) in [6.07, 6.45) is -0.553. The summed E-state index contributed by atoms with van der Waals surface area (Å²) in [5.74, 6) is 0.690. The van der Waals surface area contributed by atoms with Crippen molar-refractivity contribution in [1.29, 1.82) is 0 Å². The number of aliphatic hydroxyl groups is 1. The lowest BCUT2D eigenvalue weighted by Crippen LogP contribution is -2.01. The van der Waals surface area contributed by atoms with Gasteiger partial charge in [-0.1, -0.05) is 22.0 Å². The fraction of sp³-hybridized carbons (Fsp3) is 0.357. The van der Waals surface area contributed by atoms with Crippen LogP contribution < -0.4 is 4.74 Å². The van der Waals surface area contributed by atoms with E-state index < -0.39 is 6.10 Å². The van der Waals surface area contributed by atoms with Gasteiger partial charge < -0.3 is 9.84 Å². The second-order valence-electron chi connectivity index (χ2n) is 4.40. The van der Waals surface area contributed by atoms with Crippen LogP contribution in [0.5, 0.6) is 5.75 Å². The Balaban J connectivity index is 2.16. The molecule has 0 aliphatic carbocycles. The van der Waals surface area contributed by atoms with E-state index in [0.29, 0.717) is 12.4 Å². The minimum atomic E-state index is -0.553. The summed E-state index contributed by atoms with van der Waals surface area (Å²) < 4.78 is 6.72. The maximum Gasteiger partial charge on any atom is 0.140 e. The molecule has 1 aromatic carbocycles. The highest BCUT2D eigenvalue weighted by Crippen LogP contribution is 2.29. The number of aryl methyl sites for hydroxylation is 2. The molecule has 1 atom stereocenters. The zero-order valence-corrected chi connectivity index (χ0v) is 13.5. The van der Waals surface area contributed by atoms with Gasteiger partial charge in [0.25, 0.3) is 0 Å².